The van der Waals surface area contributed by atoms with Gasteiger partial charge in [-0.05, 0) is 37.0 Å². The Bertz CT molecular complexity index is 489. The average Bonchev–Trinajstić information content (AvgIpc) is 2.99. The van der Waals surface area contributed by atoms with Gasteiger partial charge in [-0.25, -0.2) is 0 Å². The van der Waals surface area contributed by atoms with E-state index < -0.39 is 6.10 Å². The summed E-state index contributed by atoms with van der Waals surface area (Å²) in [6, 6.07) is 7.84. The molecule has 1 aliphatic heterocycles. The summed E-state index contributed by atoms with van der Waals surface area (Å²) in [6.07, 6.45) is 4.49. The summed E-state index contributed by atoms with van der Waals surface area (Å²) in [5, 5.41) is 10.2. The molecule has 1 aliphatic rings. The third-order valence-corrected chi connectivity index (χ3v) is 4.30. The van der Waals surface area contributed by atoms with Gasteiger partial charge in [-0.2, -0.15) is 0 Å². The van der Waals surface area contributed by atoms with Gasteiger partial charge in [0.15, 0.2) is 0 Å². The molecule has 1 amide bonds. The number of hydrogen-bond acceptors (Lipinski definition) is 3. The SMILES string of the molecule is CCCC[C@@H](O)c1cccc(OC[C@@H]2CCCN2C(C)=O)c1. The number of carbonyl (C=O) groups excluding carboxylic acids is 1. The molecule has 0 saturated carbocycles. The molecule has 1 aromatic carbocycles. The van der Waals surface area contributed by atoms with Crippen molar-refractivity contribution >= 4 is 5.91 Å². The highest BCUT2D eigenvalue weighted by molar-refractivity contribution is 5.73. The van der Waals surface area contributed by atoms with Gasteiger partial charge in [0.05, 0.1) is 12.1 Å². The standard InChI is InChI=1S/C18H27NO3/c1-3-4-10-18(21)15-7-5-9-17(12-15)22-13-16-8-6-11-19(16)14(2)20/h5,7,9,12,16,18,21H,3-4,6,8,10-11,13H2,1-2H3/t16-,18+/m0/s1. The molecule has 0 aliphatic carbocycles. The fourth-order valence-corrected chi connectivity index (χ4v) is 2.99. The van der Waals surface area contributed by atoms with Crippen LogP contribution in [0.5, 0.6) is 5.75 Å². The van der Waals surface area contributed by atoms with Gasteiger partial charge in [-0.15, -0.1) is 0 Å². The molecule has 0 unspecified atom stereocenters. The van der Waals surface area contributed by atoms with Gasteiger partial charge >= 0.3 is 0 Å². The number of carbonyl (C=O) groups is 1. The van der Waals surface area contributed by atoms with E-state index in [1.165, 1.54) is 0 Å². The normalized spacial score (nSPS) is 19.2. The average molecular weight is 305 g/mol. The number of ether oxygens (including phenoxy) is 1. The second kappa shape index (κ2) is 8.18. The van der Waals surface area contributed by atoms with E-state index in [0.717, 1.165) is 50.0 Å². The summed E-state index contributed by atoms with van der Waals surface area (Å²) >= 11 is 0. The topological polar surface area (TPSA) is 49.8 Å². The molecule has 1 saturated heterocycles. The Balaban J connectivity index is 1.91. The van der Waals surface area contributed by atoms with Crippen molar-refractivity contribution in [3.63, 3.8) is 0 Å². The number of aliphatic hydroxyl groups is 1. The van der Waals surface area contributed by atoms with Crippen molar-refractivity contribution in [1.29, 1.82) is 0 Å². The van der Waals surface area contributed by atoms with Crippen LogP contribution in [0.1, 0.15) is 57.6 Å². The summed E-state index contributed by atoms with van der Waals surface area (Å²) in [5.74, 6) is 0.887. The molecule has 1 N–H and O–H groups in total. The lowest BCUT2D eigenvalue weighted by molar-refractivity contribution is -0.130. The van der Waals surface area contributed by atoms with E-state index in [4.69, 9.17) is 4.74 Å². The molecule has 0 radical (unpaired) electrons. The number of benzene rings is 1. The number of unbranched alkanes of at least 4 members (excludes halogenated alkanes) is 1. The van der Waals surface area contributed by atoms with Gasteiger partial charge in [0, 0.05) is 13.5 Å². The maximum Gasteiger partial charge on any atom is 0.219 e. The fourth-order valence-electron chi connectivity index (χ4n) is 2.99. The van der Waals surface area contributed by atoms with Gasteiger partial charge in [0.1, 0.15) is 12.4 Å². The molecule has 1 fully saturated rings. The van der Waals surface area contributed by atoms with Gasteiger partial charge in [0.2, 0.25) is 5.91 Å². The van der Waals surface area contributed by atoms with E-state index >= 15 is 0 Å². The number of aliphatic hydroxyl groups excluding tert-OH is 1. The van der Waals surface area contributed by atoms with E-state index in [-0.39, 0.29) is 11.9 Å². The van der Waals surface area contributed by atoms with E-state index in [9.17, 15) is 9.90 Å². The number of hydrogen-bond donors (Lipinski definition) is 1. The van der Waals surface area contributed by atoms with E-state index in [0.29, 0.717) is 6.61 Å². The van der Waals surface area contributed by atoms with Crippen molar-refractivity contribution in [3.05, 3.63) is 29.8 Å². The maximum absolute atomic E-state index is 11.5. The molecule has 2 rings (SSSR count). The van der Waals surface area contributed by atoms with Crippen molar-refractivity contribution in [3.8, 4) is 5.75 Å². The second-order valence-electron chi connectivity index (χ2n) is 6.05. The highest BCUT2D eigenvalue weighted by atomic mass is 16.5. The zero-order valence-corrected chi connectivity index (χ0v) is 13.6. The quantitative estimate of drug-likeness (QED) is 0.841. The van der Waals surface area contributed by atoms with E-state index in [1.807, 2.05) is 29.2 Å². The molecule has 0 spiro atoms. The first-order valence-electron chi connectivity index (χ1n) is 8.30. The minimum Gasteiger partial charge on any atom is -0.491 e. The largest absolute Gasteiger partial charge is 0.491 e. The maximum atomic E-state index is 11.5. The lowest BCUT2D eigenvalue weighted by atomic mass is 10.0. The Kier molecular flexibility index (Phi) is 6.25. The molecule has 4 heteroatoms. The van der Waals surface area contributed by atoms with Crippen LogP contribution in [0.3, 0.4) is 0 Å². The predicted molar refractivity (Wildman–Crippen MR) is 86.8 cm³/mol. The fraction of sp³-hybridized carbons (Fsp3) is 0.611. The van der Waals surface area contributed by atoms with Crippen molar-refractivity contribution < 1.29 is 14.6 Å². The summed E-state index contributed by atoms with van der Waals surface area (Å²) in [4.78, 5) is 13.4. The Labute approximate surface area is 133 Å². The summed E-state index contributed by atoms with van der Waals surface area (Å²) in [5.41, 5.74) is 0.904. The van der Waals surface area contributed by atoms with Crippen LogP contribution in [0.25, 0.3) is 0 Å². The third-order valence-electron chi connectivity index (χ3n) is 4.30. The first-order chi connectivity index (χ1) is 10.6. The molecular weight excluding hydrogens is 278 g/mol. The van der Waals surface area contributed by atoms with Crippen LogP contribution in [0.4, 0.5) is 0 Å². The van der Waals surface area contributed by atoms with Crippen molar-refractivity contribution in [2.24, 2.45) is 0 Å². The van der Waals surface area contributed by atoms with Crippen LogP contribution in [-0.4, -0.2) is 35.1 Å². The van der Waals surface area contributed by atoms with Crippen LogP contribution in [0.2, 0.25) is 0 Å². The monoisotopic (exact) mass is 305 g/mol. The van der Waals surface area contributed by atoms with Gasteiger partial charge in [-0.3, -0.25) is 4.79 Å². The lowest BCUT2D eigenvalue weighted by Crippen LogP contribution is -2.37. The van der Waals surface area contributed by atoms with Crippen LogP contribution in [-0.2, 0) is 4.79 Å². The number of likely N-dealkylation sites (tertiary alicyclic amines) is 1. The van der Waals surface area contributed by atoms with Crippen LogP contribution in [0.15, 0.2) is 24.3 Å². The molecule has 2 atom stereocenters. The number of nitrogens with zero attached hydrogens (tertiary/aromatic N) is 1. The first-order valence-corrected chi connectivity index (χ1v) is 8.30. The highest BCUT2D eigenvalue weighted by Gasteiger charge is 2.26. The molecule has 0 aromatic heterocycles. The molecule has 22 heavy (non-hydrogen) atoms. The first kappa shape index (κ1) is 16.8. The second-order valence-corrected chi connectivity index (χ2v) is 6.05. The van der Waals surface area contributed by atoms with Crippen LogP contribution >= 0.6 is 0 Å². The minimum atomic E-state index is -0.427. The number of amides is 1. The summed E-state index contributed by atoms with van der Waals surface area (Å²) in [7, 11) is 0. The smallest absolute Gasteiger partial charge is 0.219 e. The van der Waals surface area contributed by atoms with E-state index in [1.54, 1.807) is 6.92 Å². The third kappa shape index (κ3) is 4.47. The van der Waals surface area contributed by atoms with Crippen LogP contribution in [0, 0.1) is 0 Å². The van der Waals surface area contributed by atoms with Crippen molar-refractivity contribution in [1.82, 2.24) is 4.90 Å². The van der Waals surface area contributed by atoms with Gasteiger partial charge < -0.3 is 14.7 Å². The predicted octanol–water partition coefficient (Wildman–Crippen LogP) is 3.30. The zero-order valence-electron chi connectivity index (χ0n) is 13.6. The number of rotatable bonds is 7. The minimum absolute atomic E-state index is 0.120. The van der Waals surface area contributed by atoms with Crippen LogP contribution < -0.4 is 4.74 Å². The Morgan fingerprint density at radius 1 is 1.50 bits per heavy atom. The molecule has 1 heterocycles. The highest BCUT2D eigenvalue weighted by Crippen LogP contribution is 2.24. The van der Waals surface area contributed by atoms with Crippen molar-refractivity contribution in [2.75, 3.05) is 13.2 Å². The molecule has 1 aromatic rings. The van der Waals surface area contributed by atoms with Gasteiger partial charge in [0.25, 0.3) is 0 Å². The Hall–Kier alpha value is -1.55. The lowest BCUT2D eigenvalue weighted by Gasteiger charge is -2.23. The summed E-state index contributed by atoms with van der Waals surface area (Å²) in [6.45, 7) is 5.09. The Morgan fingerprint density at radius 3 is 3.05 bits per heavy atom. The Morgan fingerprint density at radius 2 is 2.32 bits per heavy atom. The molecule has 0 bridgehead atoms. The zero-order chi connectivity index (χ0) is 15.9. The van der Waals surface area contributed by atoms with E-state index in [2.05, 4.69) is 6.92 Å². The molecule has 122 valence electrons. The summed E-state index contributed by atoms with van der Waals surface area (Å²) < 4.78 is 5.86. The van der Waals surface area contributed by atoms with Gasteiger partial charge in [-0.1, -0.05) is 31.9 Å². The van der Waals surface area contributed by atoms with Crippen molar-refractivity contribution in [2.45, 2.75) is 58.1 Å². The molecule has 4 nitrogen and oxygen atoms in total. The molecular formula is C18H27NO3.